The molecule has 6 heteroatoms. The molecule has 1 atom stereocenters. The van der Waals surface area contributed by atoms with Crippen molar-refractivity contribution in [1.29, 1.82) is 0 Å². The lowest BCUT2D eigenvalue weighted by Crippen LogP contribution is -2.54. The zero-order chi connectivity index (χ0) is 20.9. The van der Waals surface area contributed by atoms with Gasteiger partial charge in [0.2, 0.25) is 0 Å². The summed E-state index contributed by atoms with van der Waals surface area (Å²) in [6, 6.07) is 16.2. The number of nitrogens with zero attached hydrogens (tertiary/aromatic N) is 2. The third kappa shape index (κ3) is 4.64. The van der Waals surface area contributed by atoms with E-state index in [-0.39, 0.29) is 17.8 Å². The van der Waals surface area contributed by atoms with Gasteiger partial charge < -0.3 is 18.8 Å². The number of ketones is 1. The molecule has 0 saturated carbocycles. The van der Waals surface area contributed by atoms with Gasteiger partial charge in [-0.25, -0.2) is 4.98 Å². The maximum atomic E-state index is 12.2. The number of oxazole rings is 1. The first-order valence-corrected chi connectivity index (χ1v) is 10.3. The maximum Gasteiger partial charge on any atom is 0.200 e. The maximum absolute atomic E-state index is 12.2. The Morgan fingerprint density at radius 2 is 1.83 bits per heavy atom. The van der Waals surface area contributed by atoms with Crippen LogP contribution in [0.3, 0.4) is 0 Å². The molecule has 0 amide bonds. The zero-order valence-corrected chi connectivity index (χ0v) is 17.3. The van der Waals surface area contributed by atoms with Crippen LogP contribution in [0.4, 0.5) is 5.69 Å². The summed E-state index contributed by atoms with van der Waals surface area (Å²) in [6.07, 6.45) is 3.30. The molecule has 3 aromatic rings. The van der Waals surface area contributed by atoms with Crippen molar-refractivity contribution in [2.45, 2.75) is 32.3 Å². The van der Waals surface area contributed by atoms with Gasteiger partial charge in [-0.3, -0.25) is 4.79 Å². The van der Waals surface area contributed by atoms with Gasteiger partial charge in [0.15, 0.2) is 17.9 Å². The first kappa shape index (κ1) is 20.0. The van der Waals surface area contributed by atoms with Gasteiger partial charge in [-0.1, -0.05) is 19.1 Å². The number of carbonyl (C=O) groups is 1. The van der Waals surface area contributed by atoms with Crippen LogP contribution >= 0.6 is 0 Å². The average Bonchev–Trinajstić information content (AvgIpc) is 3.27. The van der Waals surface area contributed by atoms with E-state index in [1.807, 2.05) is 50.2 Å². The van der Waals surface area contributed by atoms with Crippen molar-refractivity contribution in [3.8, 4) is 11.5 Å². The van der Waals surface area contributed by atoms with Crippen molar-refractivity contribution in [2.75, 3.05) is 24.6 Å². The minimum atomic E-state index is -0.0378. The van der Waals surface area contributed by atoms with Crippen molar-refractivity contribution in [3.63, 3.8) is 0 Å². The number of Topliss-reactive ketones (excluding diaryl/α,β-unsaturated/α-hetero) is 1. The number of carbonyl (C=O) groups excluding carboxylic acids is 1. The lowest BCUT2D eigenvalue weighted by atomic mass is 9.95. The molecule has 2 heterocycles. The highest BCUT2D eigenvalue weighted by Crippen LogP contribution is 2.28. The molecule has 30 heavy (non-hydrogen) atoms. The molecule has 1 aromatic heterocycles. The Morgan fingerprint density at radius 1 is 1.13 bits per heavy atom. The number of aromatic nitrogens is 1. The van der Waals surface area contributed by atoms with Crippen LogP contribution in [-0.4, -0.2) is 36.6 Å². The summed E-state index contributed by atoms with van der Waals surface area (Å²) in [4.78, 5) is 18.3. The second-order valence-corrected chi connectivity index (χ2v) is 7.53. The van der Waals surface area contributed by atoms with Crippen LogP contribution in [0.2, 0.25) is 0 Å². The van der Waals surface area contributed by atoms with E-state index in [4.69, 9.17) is 13.9 Å². The molecule has 6 nitrogen and oxygen atoms in total. The largest absolute Gasteiger partial charge is 0.494 e. The second kappa shape index (κ2) is 9.03. The highest BCUT2D eigenvalue weighted by atomic mass is 16.5. The topological polar surface area (TPSA) is 64.8 Å². The number of anilines is 1. The second-order valence-electron chi connectivity index (χ2n) is 7.53. The smallest absolute Gasteiger partial charge is 0.200 e. The van der Waals surface area contributed by atoms with E-state index in [0.29, 0.717) is 18.8 Å². The van der Waals surface area contributed by atoms with Gasteiger partial charge in [0.05, 0.1) is 25.9 Å². The van der Waals surface area contributed by atoms with Gasteiger partial charge in [-0.05, 0) is 54.8 Å². The molecule has 0 spiro atoms. The van der Waals surface area contributed by atoms with Crippen molar-refractivity contribution in [2.24, 2.45) is 0 Å². The van der Waals surface area contributed by atoms with E-state index in [9.17, 15) is 4.79 Å². The van der Waals surface area contributed by atoms with Crippen LogP contribution in [0.5, 0.6) is 11.5 Å². The highest BCUT2D eigenvalue weighted by Gasteiger charge is 2.28. The fourth-order valence-electron chi connectivity index (χ4n) is 3.56. The summed E-state index contributed by atoms with van der Waals surface area (Å²) < 4.78 is 16.7. The molecule has 0 radical (unpaired) electrons. The predicted molar refractivity (Wildman–Crippen MR) is 115 cm³/mol. The molecule has 156 valence electrons. The molecule has 0 aliphatic carbocycles. The van der Waals surface area contributed by atoms with Crippen LogP contribution in [-0.2, 0) is 0 Å². The Labute approximate surface area is 176 Å². The number of benzene rings is 2. The van der Waals surface area contributed by atoms with E-state index >= 15 is 0 Å². The number of rotatable bonds is 9. The van der Waals surface area contributed by atoms with E-state index in [1.165, 1.54) is 18.3 Å². The van der Waals surface area contributed by atoms with E-state index in [2.05, 4.69) is 22.0 Å². The molecule has 0 unspecified atom stereocenters. The van der Waals surface area contributed by atoms with Crippen molar-refractivity contribution in [1.82, 2.24) is 4.98 Å². The summed E-state index contributed by atoms with van der Waals surface area (Å²) in [5.41, 5.74) is 2.28. The molecule has 1 saturated heterocycles. The van der Waals surface area contributed by atoms with E-state index in [1.54, 1.807) is 0 Å². The highest BCUT2D eigenvalue weighted by molar-refractivity contribution is 5.93. The predicted octanol–water partition coefficient (Wildman–Crippen LogP) is 4.72. The van der Waals surface area contributed by atoms with Crippen molar-refractivity contribution >= 4 is 11.5 Å². The molecule has 0 bridgehead atoms. The fourth-order valence-corrected chi connectivity index (χ4v) is 3.56. The van der Waals surface area contributed by atoms with Crippen LogP contribution in [0.15, 0.2) is 65.5 Å². The summed E-state index contributed by atoms with van der Waals surface area (Å²) in [5, 5.41) is 0. The standard InChI is InChI=1S/C24H26N2O4/c1-3-28-20-10-6-19(7-11-20)26-14-22(15-26)30-21-8-4-18(5-9-21)17(2)12-23(27)24-13-25-16-29-24/h4-11,13,16-17,22H,3,12,14-15H2,1-2H3/t17-/m1/s1. The molecule has 1 aliphatic heterocycles. The van der Waals surface area contributed by atoms with Gasteiger partial charge in [0.1, 0.15) is 17.6 Å². The minimum Gasteiger partial charge on any atom is -0.494 e. The molecule has 1 aliphatic rings. The summed E-state index contributed by atoms with van der Waals surface area (Å²) in [7, 11) is 0. The van der Waals surface area contributed by atoms with Gasteiger partial charge in [-0.2, -0.15) is 0 Å². The fraction of sp³-hybridized carbons (Fsp3) is 0.333. The Hall–Kier alpha value is -3.28. The normalized spacial score (nSPS) is 14.8. The van der Waals surface area contributed by atoms with E-state index < -0.39 is 0 Å². The Bertz CT molecular complexity index is 946. The lowest BCUT2D eigenvalue weighted by Gasteiger charge is -2.40. The summed E-state index contributed by atoms with van der Waals surface area (Å²) in [5.74, 6) is 2.11. The number of hydrogen-bond donors (Lipinski definition) is 0. The third-order valence-corrected chi connectivity index (χ3v) is 5.31. The molecular weight excluding hydrogens is 380 g/mol. The molecule has 0 N–H and O–H groups in total. The van der Waals surface area contributed by atoms with Crippen LogP contribution in [0.25, 0.3) is 0 Å². The Kier molecular flexibility index (Phi) is 6.02. The molecular formula is C24H26N2O4. The third-order valence-electron chi connectivity index (χ3n) is 5.31. The molecule has 2 aromatic carbocycles. The lowest BCUT2D eigenvalue weighted by molar-refractivity contribution is 0.0948. The van der Waals surface area contributed by atoms with Crippen LogP contribution < -0.4 is 14.4 Å². The Balaban J connectivity index is 1.26. The number of hydrogen-bond acceptors (Lipinski definition) is 6. The first-order valence-electron chi connectivity index (χ1n) is 10.3. The van der Waals surface area contributed by atoms with Crippen LogP contribution in [0.1, 0.15) is 42.3 Å². The van der Waals surface area contributed by atoms with Gasteiger partial charge in [0, 0.05) is 12.1 Å². The molecule has 4 rings (SSSR count). The quantitative estimate of drug-likeness (QED) is 0.479. The van der Waals surface area contributed by atoms with Crippen molar-refractivity contribution in [3.05, 3.63) is 72.4 Å². The summed E-state index contributed by atoms with van der Waals surface area (Å²) >= 11 is 0. The van der Waals surface area contributed by atoms with Crippen molar-refractivity contribution < 1.29 is 18.7 Å². The zero-order valence-electron chi connectivity index (χ0n) is 17.3. The number of ether oxygens (including phenoxy) is 2. The average molecular weight is 406 g/mol. The monoisotopic (exact) mass is 406 g/mol. The molecule has 1 fully saturated rings. The van der Waals surface area contributed by atoms with Gasteiger partial charge in [0.25, 0.3) is 0 Å². The van der Waals surface area contributed by atoms with Gasteiger partial charge in [-0.15, -0.1) is 0 Å². The Morgan fingerprint density at radius 3 is 2.47 bits per heavy atom. The van der Waals surface area contributed by atoms with E-state index in [0.717, 1.165) is 30.2 Å². The first-order chi connectivity index (χ1) is 14.6. The van der Waals surface area contributed by atoms with Gasteiger partial charge >= 0.3 is 0 Å². The minimum absolute atomic E-state index is 0.0378. The summed E-state index contributed by atoms with van der Waals surface area (Å²) in [6.45, 7) is 6.41. The SMILES string of the molecule is CCOc1ccc(N2CC(Oc3ccc([C@H](C)CC(=O)c4cnco4)cc3)C2)cc1. The van der Waals surface area contributed by atoms with Crippen LogP contribution in [0, 0.1) is 0 Å².